The molecule has 0 saturated heterocycles. The van der Waals surface area contributed by atoms with Gasteiger partial charge in [-0.3, -0.25) is 0 Å². The second-order valence-corrected chi connectivity index (χ2v) is 12.7. The second kappa shape index (κ2) is 11.7. The van der Waals surface area contributed by atoms with Crippen molar-refractivity contribution in [2.24, 2.45) is 22.7 Å². The molecule has 2 saturated carbocycles. The highest BCUT2D eigenvalue weighted by Gasteiger charge is 2.35. The second-order valence-electron chi connectivity index (χ2n) is 12.7. The van der Waals surface area contributed by atoms with Crippen LogP contribution in [0.5, 0.6) is 0 Å². The molecule has 2 aliphatic carbocycles. The molecule has 3 heteroatoms. The van der Waals surface area contributed by atoms with Crippen LogP contribution in [0.25, 0.3) is 11.1 Å². The van der Waals surface area contributed by atoms with E-state index < -0.39 is 0 Å². The van der Waals surface area contributed by atoms with Crippen molar-refractivity contribution in [2.75, 3.05) is 6.61 Å². The van der Waals surface area contributed by atoms with Gasteiger partial charge in [-0.1, -0.05) is 82.2 Å². The van der Waals surface area contributed by atoms with Crippen LogP contribution < -0.4 is 0 Å². The maximum Gasteiger partial charge on any atom is 0.219 e. The molecule has 37 heavy (non-hydrogen) atoms. The topological polar surface area (TPSA) is 21.6 Å². The van der Waals surface area contributed by atoms with Gasteiger partial charge in [0, 0.05) is 0 Å². The van der Waals surface area contributed by atoms with Gasteiger partial charge in [-0.2, -0.15) is 0 Å². The van der Waals surface area contributed by atoms with Crippen LogP contribution in [0.4, 0.5) is 4.39 Å². The van der Waals surface area contributed by atoms with E-state index in [-0.39, 0.29) is 11.4 Å². The maximum absolute atomic E-state index is 15.0. The Balaban J connectivity index is 1.16. The summed E-state index contributed by atoms with van der Waals surface area (Å²) in [5.74, 6) is 3.70. The van der Waals surface area contributed by atoms with Gasteiger partial charge in [-0.15, -0.1) is 0 Å². The summed E-state index contributed by atoms with van der Waals surface area (Å²) in [6.45, 7) is 6.80. The third-order valence-corrected chi connectivity index (χ3v) is 9.32. The lowest BCUT2D eigenvalue weighted by Gasteiger charge is -2.42. The summed E-state index contributed by atoms with van der Waals surface area (Å²) in [7, 11) is 0. The number of aliphatic imine (C=N–C) groups is 1. The van der Waals surface area contributed by atoms with Crippen molar-refractivity contribution in [1.82, 2.24) is 0 Å². The summed E-state index contributed by atoms with van der Waals surface area (Å²) in [4.78, 5) is 4.53. The summed E-state index contributed by atoms with van der Waals surface area (Å²) >= 11 is 0. The van der Waals surface area contributed by atoms with Crippen LogP contribution in [0.15, 0.2) is 47.5 Å². The fraction of sp³-hybridized carbons (Fsp3) is 0.618. The van der Waals surface area contributed by atoms with Crippen molar-refractivity contribution < 1.29 is 9.13 Å². The van der Waals surface area contributed by atoms with E-state index in [1.165, 1.54) is 82.6 Å². The van der Waals surface area contributed by atoms with Gasteiger partial charge in [0.2, 0.25) is 5.90 Å². The molecule has 2 aromatic carbocycles. The first-order valence-electron chi connectivity index (χ1n) is 15.0. The molecule has 5 rings (SSSR count). The largest absolute Gasteiger partial charge is 0.475 e. The number of unbranched alkanes of at least 4 members (excludes halogenated alkanes) is 4. The van der Waals surface area contributed by atoms with Crippen molar-refractivity contribution in [3.8, 4) is 11.1 Å². The van der Waals surface area contributed by atoms with E-state index in [1.807, 2.05) is 26.0 Å². The predicted octanol–water partition coefficient (Wildman–Crippen LogP) is 9.71. The molecule has 0 aromatic heterocycles. The van der Waals surface area contributed by atoms with Crippen LogP contribution in [-0.4, -0.2) is 18.0 Å². The normalized spacial score (nSPS) is 26.9. The average molecular weight is 504 g/mol. The molecule has 0 amide bonds. The highest BCUT2D eigenvalue weighted by atomic mass is 19.1. The SMILES string of the molecule is CCCCCCCC1CC[C@@H]2C[C@H](c3ccc(-c4ccc(C5=NC(C)(C)CO5)c(F)c4)cc3)CC[C@@H]2C1. The maximum atomic E-state index is 15.0. The summed E-state index contributed by atoms with van der Waals surface area (Å²) in [5.41, 5.74) is 3.60. The number of hydrogen-bond donors (Lipinski definition) is 0. The van der Waals surface area contributed by atoms with Gasteiger partial charge in [0.1, 0.15) is 12.4 Å². The van der Waals surface area contributed by atoms with Crippen molar-refractivity contribution in [2.45, 2.75) is 109 Å². The highest BCUT2D eigenvalue weighted by Crippen LogP contribution is 2.48. The van der Waals surface area contributed by atoms with Crippen molar-refractivity contribution in [3.05, 3.63) is 59.4 Å². The Morgan fingerprint density at radius 1 is 0.865 bits per heavy atom. The molecule has 3 aliphatic rings. The molecule has 1 aliphatic heterocycles. The molecule has 2 nitrogen and oxygen atoms in total. The highest BCUT2D eigenvalue weighted by molar-refractivity contribution is 5.96. The third kappa shape index (κ3) is 6.47. The summed E-state index contributed by atoms with van der Waals surface area (Å²) < 4.78 is 20.6. The molecular formula is C34H46FNO. The lowest BCUT2D eigenvalue weighted by Crippen LogP contribution is -2.30. The number of fused-ring (bicyclic) bond motifs is 1. The van der Waals surface area contributed by atoms with Gasteiger partial charge in [-0.05, 0) is 98.4 Å². The van der Waals surface area contributed by atoms with Gasteiger partial charge in [0.05, 0.1) is 11.1 Å². The Morgan fingerprint density at radius 3 is 2.32 bits per heavy atom. The molecule has 1 unspecified atom stereocenters. The molecule has 0 N–H and O–H groups in total. The molecule has 0 spiro atoms. The van der Waals surface area contributed by atoms with E-state index in [0.717, 1.165) is 28.9 Å². The Bertz CT molecular complexity index is 1070. The minimum atomic E-state index is -0.289. The molecule has 0 bridgehead atoms. The number of benzene rings is 2. The fourth-order valence-corrected chi connectivity index (χ4v) is 7.13. The first kappa shape index (κ1) is 26.4. The van der Waals surface area contributed by atoms with Crippen molar-refractivity contribution >= 4 is 5.90 Å². The Labute approximate surface area is 224 Å². The fourth-order valence-electron chi connectivity index (χ4n) is 7.13. The van der Waals surface area contributed by atoms with E-state index in [2.05, 4.69) is 36.2 Å². The van der Waals surface area contributed by atoms with Crippen LogP contribution in [-0.2, 0) is 4.74 Å². The molecule has 0 radical (unpaired) electrons. The summed E-state index contributed by atoms with van der Waals surface area (Å²) in [6.07, 6.45) is 17.0. The van der Waals surface area contributed by atoms with Gasteiger partial charge >= 0.3 is 0 Å². The van der Waals surface area contributed by atoms with Crippen molar-refractivity contribution in [3.63, 3.8) is 0 Å². The molecule has 200 valence electrons. The number of ether oxygens (including phenoxy) is 1. The van der Waals surface area contributed by atoms with E-state index >= 15 is 0 Å². The molecule has 1 heterocycles. The zero-order valence-electron chi connectivity index (χ0n) is 23.3. The van der Waals surface area contributed by atoms with E-state index in [0.29, 0.717) is 24.0 Å². The molecule has 4 atom stereocenters. The first-order chi connectivity index (χ1) is 17.9. The Morgan fingerprint density at radius 2 is 1.59 bits per heavy atom. The number of rotatable bonds is 9. The summed E-state index contributed by atoms with van der Waals surface area (Å²) in [6, 6.07) is 14.4. The van der Waals surface area contributed by atoms with Crippen LogP contribution in [0.2, 0.25) is 0 Å². The first-order valence-corrected chi connectivity index (χ1v) is 15.0. The van der Waals surface area contributed by atoms with Gasteiger partial charge in [0.25, 0.3) is 0 Å². The Kier molecular flexibility index (Phi) is 8.37. The smallest absolute Gasteiger partial charge is 0.219 e. The molecule has 2 fully saturated rings. The van der Waals surface area contributed by atoms with Crippen LogP contribution >= 0.6 is 0 Å². The minimum absolute atomic E-state index is 0.270. The van der Waals surface area contributed by atoms with Crippen LogP contribution in [0.3, 0.4) is 0 Å². The quantitative estimate of drug-likeness (QED) is 0.312. The van der Waals surface area contributed by atoms with Gasteiger partial charge in [-0.25, -0.2) is 9.38 Å². The standard InChI is InChI=1S/C34H46FNO/c1-4-5-6-7-8-9-24-10-11-29-21-28(17-16-27(29)20-24)25-12-14-26(15-13-25)30-18-19-31(32(35)22-30)33-36-34(2,3)23-37-33/h12-15,18-19,22,24,27-29H,4-11,16-17,20-21,23H2,1-3H3/t24?,27-,28-,29-/m1/s1. The monoisotopic (exact) mass is 503 g/mol. The average Bonchev–Trinajstić information content (AvgIpc) is 3.27. The minimum Gasteiger partial charge on any atom is -0.475 e. The molecule has 2 aromatic rings. The summed E-state index contributed by atoms with van der Waals surface area (Å²) in [5, 5.41) is 0. The van der Waals surface area contributed by atoms with Gasteiger partial charge < -0.3 is 4.74 Å². The van der Waals surface area contributed by atoms with Crippen LogP contribution in [0.1, 0.15) is 115 Å². The zero-order valence-corrected chi connectivity index (χ0v) is 23.3. The number of hydrogen-bond acceptors (Lipinski definition) is 2. The lowest BCUT2D eigenvalue weighted by atomic mass is 9.63. The van der Waals surface area contributed by atoms with E-state index in [4.69, 9.17) is 4.74 Å². The molecular weight excluding hydrogens is 457 g/mol. The number of halogens is 1. The van der Waals surface area contributed by atoms with Gasteiger partial charge in [0.15, 0.2) is 0 Å². The predicted molar refractivity (Wildman–Crippen MR) is 153 cm³/mol. The van der Waals surface area contributed by atoms with Crippen molar-refractivity contribution in [1.29, 1.82) is 0 Å². The van der Waals surface area contributed by atoms with Crippen LogP contribution in [0, 0.1) is 23.6 Å². The van der Waals surface area contributed by atoms with E-state index in [9.17, 15) is 4.39 Å². The Hall–Kier alpha value is -2.16. The zero-order chi connectivity index (χ0) is 25.8. The number of nitrogens with zero attached hydrogens (tertiary/aromatic N) is 1. The van der Waals surface area contributed by atoms with E-state index in [1.54, 1.807) is 6.07 Å². The lowest BCUT2D eigenvalue weighted by molar-refractivity contribution is 0.113. The third-order valence-electron chi connectivity index (χ3n) is 9.32.